The van der Waals surface area contributed by atoms with E-state index in [0.717, 1.165) is 10.3 Å². The smallest absolute Gasteiger partial charge is 0.306 e. The van der Waals surface area contributed by atoms with Gasteiger partial charge in [0.2, 0.25) is 0 Å². The van der Waals surface area contributed by atoms with Gasteiger partial charge < -0.3 is 4.74 Å². The van der Waals surface area contributed by atoms with Gasteiger partial charge in [0, 0.05) is 35.0 Å². The number of hydrogen-bond donors (Lipinski definition) is 0. The fourth-order valence-corrected chi connectivity index (χ4v) is 3.78. The molecule has 1 aliphatic rings. The Bertz CT molecular complexity index is 1110. The highest BCUT2D eigenvalue weighted by Crippen LogP contribution is 2.30. The SMILES string of the molecule is O=C(CCCN1C(=O)c2cccc3cccc(c23)C1=O)OCc1c(F)cccc1Cl. The molecular formula is C23H17ClFNO4. The molecule has 5 nitrogen and oxygen atoms in total. The second-order valence-electron chi connectivity index (χ2n) is 6.94. The maximum Gasteiger partial charge on any atom is 0.306 e. The van der Waals surface area contributed by atoms with E-state index in [1.807, 2.05) is 12.1 Å². The second-order valence-corrected chi connectivity index (χ2v) is 7.34. The minimum atomic E-state index is -0.561. The third-order valence-corrected chi connectivity index (χ3v) is 5.41. The van der Waals surface area contributed by atoms with E-state index < -0.39 is 11.8 Å². The van der Waals surface area contributed by atoms with Gasteiger partial charge in [-0.15, -0.1) is 0 Å². The number of nitrogens with zero attached hydrogens (tertiary/aromatic N) is 1. The molecule has 0 fully saturated rings. The standard InChI is InChI=1S/C23H17ClFNO4/c24-18-9-3-10-19(25)17(18)13-30-20(27)11-4-12-26-22(28)15-7-1-5-14-6-2-8-16(21(14)15)23(26)29/h1-3,5-10H,4,11-13H2. The zero-order chi connectivity index (χ0) is 21.3. The predicted octanol–water partition coefficient (Wildman–Crippen LogP) is 4.75. The molecule has 0 radical (unpaired) electrons. The Labute approximate surface area is 177 Å². The summed E-state index contributed by atoms with van der Waals surface area (Å²) >= 11 is 5.91. The number of amides is 2. The summed E-state index contributed by atoms with van der Waals surface area (Å²) in [6.07, 6.45) is 0.217. The number of benzene rings is 3. The molecular weight excluding hydrogens is 409 g/mol. The summed E-state index contributed by atoms with van der Waals surface area (Å²) in [5.41, 5.74) is 1.05. The molecule has 1 aliphatic heterocycles. The van der Waals surface area contributed by atoms with Crippen LogP contribution >= 0.6 is 11.6 Å². The van der Waals surface area contributed by atoms with E-state index in [9.17, 15) is 18.8 Å². The van der Waals surface area contributed by atoms with Crippen LogP contribution in [0.4, 0.5) is 4.39 Å². The fourth-order valence-electron chi connectivity index (χ4n) is 3.56. The molecule has 30 heavy (non-hydrogen) atoms. The minimum absolute atomic E-state index is 0.0189. The number of carbonyl (C=O) groups is 3. The van der Waals surface area contributed by atoms with Gasteiger partial charge in [0.1, 0.15) is 12.4 Å². The zero-order valence-corrected chi connectivity index (χ0v) is 16.6. The van der Waals surface area contributed by atoms with Crippen LogP contribution < -0.4 is 0 Å². The molecule has 0 spiro atoms. The monoisotopic (exact) mass is 425 g/mol. The van der Waals surface area contributed by atoms with E-state index in [1.165, 1.54) is 18.2 Å². The largest absolute Gasteiger partial charge is 0.461 e. The molecule has 0 N–H and O–H groups in total. The van der Waals surface area contributed by atoms with Crippen LogP contribution in [0.25, 0.3) is 10.8 Å². The van der Waals surface area contributed by atoms with Crippen molar-refractivity contribution in [3.05, 3.63) is 82.1 Å². The molecule has 0 aromatic heterocycles. The third-order valence-electron chi connectivity index (χ3n) is 5.06. The molecule has 3 aromatic rings. The van der Waals surface area contributed by atoms with Crippen molar-refractivity contribution in [2.45, 2.75) is 19.4 Å². The van der Waals surface area contributed by atoms with Crippen molar-refractivity contribution in [1.82, 2.24) is 4.90 Å². The minimum Gasteiger partial charge on any atom is -0.461 e. The molecule has 1 heterocycles. The number of carbonyl (C=O) groups excluding carboxylic acids is 3. The molecule has 0 saturated carbocycles. The lowest BCUT2D eigenvalue weighted by molar-refractivity contribution is -0.145. The van der Waals surface area contributed by atoms with E-state index in [1.54, 1.807) is 24.3 Å². The molecule has 0 atom stereocenters. The van der Waals surface area contributed by atoms with Gasteiger partial charge in [-0.3, -0.25) is 19.3 Å². The first kappa shape index (κ1) is 20.0. The van der Waals surface area contributed by atoms with Crippen LogP contribution in [-0.2, 0) is 16.1 Å². The van der Waals surface area contributed by atoms with Crippen LogP contribution in [0, 0.1) is 5.82 Å². The molecule has 0 saturated heterocycles. The van der Waals surface area contributed by atoms with Gasteiger partial charge in [0.25, 0.3) is 11.8 Å². The van der Waals surface area contributed by atoms with E-state index in [2.05, 4.69) is 0 Å². The topological polar surface area (TPSA) is 63.7 Å². The number of rotatable bonds is 6. The number of halogens is 2. The maximum atomic E-state index is 13.7. The summed E-state index contributed by atoms with van der Waals surface area (Å²) in [5.74, 6) is -1.87. The molecule has 3 aromatic carbocycles. The highest BCUT2D eigenvalue weighted by atomic mass is 35.5. The first-order chi connectivity index (χ1) is 14.5. The van der Waals surface area contributed by atoms with Gasteiger partial charge in [0.15, 0.2) is 0 Å². The van der Waals surface area contributed by atoms with Crippen molar-refractivity contribution in [3.8, 4) is 0 Å². The number of hydrogen-bond acceptors (Lipinski definition) is 4. The third kappa shape index (κ3) is 3.66. The van der Waals surface area contributed by atoms with Crippen LogP contribution in [0.1, 0.15) is 39.1 Å². The molecule has 0 aliphatic carbocycles. The number of ether oxygens (including phenoxy) is 1. The van der Waals surface area contributed by atoms with Crippen LogP contribution in [0.3, 0.4) is 0 Å². The van der Waals surface area contributed by atoms with Crippen LogP contribution in [0.5, 0.6) is 0 Å². The summed E-state index contributed by atoms with van der Waals surface area (Å²) < 4.78 is 18.8. The molecule has 2 amide bonds. The Hall–Kier alpha value is -3.25. The summed E-state index contributed by atoms with van der Waals surface area (Å²) in [5, 5.41) is 1.68. The van der Waals surface area contributed by atoms with Crippen molar-refractivity contribution in [2.24, 2.45) is 0 Å². The van der Waals surface area contributed by atoms with Crippen LogP contribution in [0.2, 0.25) is 5.02 Å². The van der Waals surface area contributed by atoms with Crippen molar-refractivity contribution in [3.63, 3.8) is 0 Å². The van der Waals surface area contributed by atoms with E-state index in [-0.39, 0.29) is 48.4 Å². The number of esters is 1. The first-order valence-corrected chi connectivity index (χ1v) is 9.81. The van der Waals surface area contributed by atoms with Crippen molar-refractivity contribution in [1.29, 1.82) is 0 Å². The van der Waals surface area contributed by atoms with Crippen molar-refractivity contribution in [2.75, 3.05) is 6.54 Å². The van der Waals surface area contributed by atoms with Gasteiger partial charge in [-0.2, -0.15) is 0 Å². The molecule has 7 heteroatoms. The molecule has 4 rings (SSSR count). The lowest BCUT2D eigenvalue weighted by atomic mass is 9.94. The number of imide groups is 1. The summed E-state index contributed by atoms with van der Waals surface area (Å²) in [6.45, 7) is -0.195. The Morgan fingerprint density at radius 1 is 0.967 bits per heavy atom. The lowest BCUT2D eigenvalue weighted by Crippen LogP contribution is -2.41. The van der Waals surface area contributed by atoms with Gasteiger partial charge in [-0.05, 0) is 36.1 Å². The molecule has 0 bridgehead atoms. The fraction of sp³-hybridized carbons (Fsp3) is 0.174. The van der Waals surface area contributed by atoms with Gasteiger partial charge in [0.05, 0.1) is 5.02 Å². The van der Waals surface area contributed by atoms with Crippen molar-refractivity contribution < 1.29 is 23.5 Å². The Morgan fingerprint density at radius 3 is 2.23 bits per heavy atom. The van der Waals surface area contributed by atoms with E-state index >= 15 is 0 Å². The predicted molar refractivity (Wildman–Crippen MR) is 110 cm³/mol. The van der Waals surface area contributed by atoms with E-state index in [4.69, 9.17) is 16.3 Å². The normalized spacial score (nSPS) is 13.1. The summed E-state index contributed by atoms with van der Waals surface area (Å²) in [6, 6.07) is 14.9. The molecule has 152 valence electrons. The average Bonchev–Trinajstić information content (AvgIpc) is 2.74. The maximum absolute atomic E-state index is 13.7. The highest BCUT2D eigenvalue weighted by molar-refractivity contribution is 6.31. The second kappa shape index (κ2) is 8.24. The molecule has 0 unspecified atom stereocenters. The quantitative estimate of drug-likeness (QED) is 0.422. The first-order valence-electron chi connectivity index (χ1n) is 9.44. The highest BCUT2D eigenvalue weighted by Gasteiger charge is 2.32. The van der Waals surface area contributed by atoms with Crippen molar-refractivity contribution >= 4 is 40.2 Å². The Balaban J connectivity index is 1.38. The van der Waals surface area contributed by atoms with Gasteiger partial charge in [-0.25, -0.2) is 4.39 Å². The van der Waals surface area contributed by atoms with Gasteiger partial charge in [-0.1, -0.05) is 41.9 Å². The van der Waals surface area contributed by atoms with Gasteiger partial charge >= 0.3 is 5.97 Å². The Morgan fingerprint density at radius 2 is 1.60 bits per heavy atom. The summed E-state index contributed by atoms with van der Waals surface area (Å²) in [4.78, 5) is 38.8. The summed E-state index contributed by atoms with van der Waals surface area (Å²) in [7, 11) is 0. The zero-order valence-electron chi connectivity index (χ0n) is 15.9. The van der Waals surface area contributed by atoms with Crippen LogP contribution in [-0.4, -0.2) is 29.2 Å². The van der Waals surface area contributed by atoms with Crippen LogP contribution in [0.15, 0.2) is 54.6 Å². The Kier molecular flexibility index (Phi) is 5.50. The average molecular weight is 426 g/mol. The van der Waals surface area contributed by atoms with E-state index in [0.29, 0.717) is 16.5 Å². The lowest BCUT2D eigenvalue weighted by Gasteiger charge is -2.27.